The molecular weight excluding hydrogens is 250 g/mol. The van der Waals surface area contributed by atoms with Gasteiger partial charge in [0.15, 0.2) is 0 Å². The van der Waals surface area contributed by atoms with E-state index in [1.807, 2.05) is 38.2 Å². The highest BCUT2D eigenvalue weighted by atomic mass is 16.5. The second-order valence-corrected chi connectivity index (χ2v) is 4.48. The molecule has 0 aliphatic carbocycles. The third kappa shape index (κ3) is 3.11. The van der Waals surface area contributed by atoms with Crippen LogP contribution in [0.5, 0.6) is 11.5 Å². The molecule has 2 rings (SSSR count). The highest BCUT2D eigenvalue weighted by molar-refractivity contribution is 5.74. The van der Waals surface area contributed by atoms with Gasteiger partial charge in [-0.3, -0.25) is 0 Å². The van der Waals surface area contributed by atoms with Crippen molar-refractivity contribution >= 4 is 0 Å². The van der Waals surface area contributed by atoms with Gasteiger partial charge in [0.1, 0.15) is 11.5 Å². The summed E-state index contributed by atoms with van der Waals surface area (Å²) < 4.78 is 11.0. The molecule has 3 nitrogen and oxygen atoms in total. The third-order valence-electron chi connectivity index (χ3n) is 3.16. The Kier molecular flexibility index (Phi) is 5.02. The Morgan fingerprint density at radius 3 is 2.55 bits per heavy atom. The molecule has 20 heavy (non-hydrogen) atoms. The van der Waals surface area contributed by atoms with Gasteiger partial charge in [0.05, 0.1) is 13.7 Å². The first-order chi connectivity index (χ1) is 9.80. The maximum Gasteiger partial charge on any atom is 0.127 e. The Morgan fingerprint density at radius 2 is 1.85 bits per heavy atom. The summed E-state index contributed by atoms with van der Waals surface area (Å²) in [5, 5.41) is 3.20. The van der Waals surface area contributed by atoms with Crippen LogP contribution in [0, 0.1) is 0 Å². The second-order valence-electron chi connectivity index (χ2n) is 4.48. The van der Waals surface area contributed by atoms with Gasteiger partial charge in [-0.25, -0.2) is 0 Å². The van der Waals surface area contributed by atoms with Gasteiger partial charge in [0.2, 0.25) is 0 Å². The van der Waals surface area contributed by atoms with E-state index in [1.54, 1.807) is 7.11 Å². The highest BCUT2D eigenvalue weighted by Gasteiger charge is 2.10. The average Bonchev–Trinajstić information content (AvgIpc) is 2.49. The van der Waals surface area contributed by atoms with Gasteiger partial charge in [0.25, 0.3) is 0 Å². The minimum atomic E-state index is 0.661. The van der Waals surface area contributed by atoms with Crippen molar-refractivity contribution in [3.8, 4) is 22.6 Å². The van der Waals surface area contributed by atoms with Crippen LogP contribution in [0.15, 0.2) is 42.5 Å². The van der Waals surface area contributed by atoms with E-state index in [4.69, 9.17) is 9.47 Å². The van der Waals surface area contributed by atoms with Crippen molar-refractivity contribution in [2.45, 2.75) is 13.5 Å². The molecule has 3 heteroatoms. The molecule has 106 valence electrons. The lowest BCUT2D eigenvalue weighted by Gasteiger charge is -2.15. The summed E-state index contributed by atoms with van der Waals surface area (Å²) in [6, 6.07) is 14.3. The predicted octanol–water partition coefficient (Wildman–Crippen LogP) is 3.48. The molecular formula is C17H21NO2. The van der Waals surface area contributed by atoms with E-state index < -0.39 is 0 Å². The molecule has 0 amide bonds. The minimum Gasteiger partial charge on any atom is -0.497 e. The number of rotatable bonds is 6. The molecule has 0 spiro atoms. The number of hydrogen-bond donors (Lipinski definition) is 1. The van der Waals surface area contributed by atoms with Crippen molar-refractivity contribution in [3.63, 3.8) is 0 Å². The van der Waals surface area contributed by atoms with E-state index in [2.05, 4.69) is 23.5 Å². The molecule has 0 unspecified atom stereocenters. The predicted molar refractivity (Wildman–Crippen MR) is 82.4 cm³/mol. The molecule has 0 radical (unpaired) electrons. The molecule has 0 fully saturated rings. The van der Waals surface area contributed by atoms with E-state index in [0.717, 1.165) is 23.6 Å². The van der Waals surface area contributed by atoms with Crippen molar-refractivity contribution < 1.29 is 9.47 Å². The summed E-state index contributed by atoms with van der Waals surface area (Å²) >= 11 is 0. The smallest absolute Gasteiger partial charge is 0.127 e. The van der Waals surface area contributed by atoms with Crippen molar-refractivity contribution in [1.82, 2.24) is 5.32 Å². The monoisotopic (exact) mass is 271 g/mol. The Labute approximate surface area is 120 Å². The first kappa shape index (κ1) is 14.4. The van der Waals surface area contributed by atoms with Crippen LogP contribution in [0.25, 0.3) is 11.1 Å². The standard InChI is InChI=1S/C17H21NO2/c1-4-20-17-8-6-5-7-16(17)15-10-9-14(19-3)11-13(15)12-18-2/h5-11,18H,4,12H2,1-3H3. The lowest BCUT2D eigenvalue weighted by molar-refractivity contribution is 0.341. The third-order valence-corrected chi connectivity index (χ3v) is 3.16. The maximum atomic E-state index is 5.73. The van der Waals surface area contributed by atoms with Gasteiger partial charge in [-0.15, -0.1) is 0 Å². The van der Waals surface area contributed by atoms with Crippen LogP contribution in [0.4, 0.5) is 0 Å². The zero-order valence-electron chi connectivity index (χ0n) is 12.3. The lowest BCUT2D eigenvalue weighted by atomic mass is 9.98. The van der Waals surface area contributed by atoms with Gasteiger partial charge in [-0.1, -0.05) is 24.3 Å². The summed E-state index contributed by atoms with van der Waals surface area (Å²) in [6.45, 7) is 3.45. The van der Waals surface area contributed by atoms with Crippen molar-refractivity contribution in [1.29, 1.82) is 0 Å². The number of benzene rings is 2. The van der Waals surface area contributed by atoms with Gasteiger partial charge >= 0.3 is 0 Å². The largest absolute Gasteiger partial charge is 0.497 e. The van der Waals surface area contributed by atoms with Crippen LogP contribution >= 0.6 is 0 Å². The fourth-order valence-corrected chi connectivity index (χ4v) is 2.27. The van der Waals surface area contributed by atoms with Gasteiger partial charge < -0.3 is 14.8 Å². The number of nitrogens with one attached hydrogen (secondary N) is 1. The van der Waals surface area contributed by atoms with Crippen LogP contribution in [-0.4, -0.2) is 20.8 Å². The molecule has 2 aromatic rings. The van der Waals surface area contributed by atoms with E-state index in [-0.39, 0.29) is 0 Å². The maximum absolute atomic E-state index is 5.73. The molecule has 0 saturated heterocycles. The fourth-order valence-electron chi connectivity index (χ4n) is 2.27. The van der Waals surface area contributed by atoms with Crippen molar-refractivity contribution in [3.05, 3.63) is 48.0 Å². The fraction of sp³-hybridized carbons (Fsp3) is 0.294. The van der Waals surface area contributed by atoms with E-state index in [0.29, 0.717) is 6.61 Å². The SMILES string of the molecule is CCOc1ccccc1-c1ccc(OC)cc1CNC. The van der Waals surface area contributed by atoms with Crippen molar-refractivity contribution in [2.75, 3.05) is 20.8 Å². The molecule has 0 atom stereocenters. The van der Waals surface area contributed by atoms with Crippen LogP contribution in [-0.2, 0) is 6.54 Å². The van der Waals surface area contributed by atoms with E-state index in [1.165, 1.54) is 11.1 Å². The average molecular weight is 271 g/mol. The Hall–Kier alpha value is -2.00. The summed E-state index contributed by atoms with van der Waals surface area (Å²) in [5.74, 6) is 1.78. The molecule has 2 aromatic carbocycles. The molecule has 0 aliphatic rings. The quantitative estimate of drug-likeness (QED) is 0.872. The van der Waals surface area contributed by atoms with Gasteiger partial charge in [0, 0.05) is 12.1 Å². The topological polar surface area (TPSA) is 30.5 Å². The number of hydrogen-bond acceptors (Lipinski definition) is 3. The summed E-state index contributed by atoms with van der Waals surface area (Å²) in [6.07, 6.45) is 0. The Balaban J connectivity index is 2.51. The van der Waals surface area contributed by atoms with Crippen LogP contribution in [0.1, 0.15) is 12.5 Å². The van der Waals surface area contributed by atoms with E-state index in [9.17, 15) is 0 Å². The summed E-state index contributed by atoms with van der Waals surface area (Å²) in [4.78, 5) is 0. The number of ether oxygens (including phenoxy) is 2. The van der Waals surface area contributed by atoms with E-state index >= 15 is 0 Å². The Bertz CT molecular complexity index is 567. The van der Waals surface area contributed by atoms with Crippen LogP contribution < -0.4 is 14.8 Å². The Morgan fingerprint density at radius 1 is 1.05 bits per heavy atom. The van der Waals surface area contributed by atoms with Gasteiger partial charge in [-0.2, -0.15) is 0 Å². The van der Waals surface area contributed by atoms with Crippen LogP contribution in [0.3, 0.4) is 0 Å². The normalized spacial score (nSPS) is 10.3. The summed E-state index contributed by atoms with van der Waals surface area (Å²) in [5.41, 5.74) is 3.48. The van der Waals surface area contributed by atoms with Gasteiger partial charge in [-0.05, 0) is 43.3 Å². The number of para-hydroxylation sites is 1. The molecule has 1 N–H and O–H groups in total. The van der Waals surface area contributed by atoms with Crippen molar-refractivity contribution in [2.24, 2.45) is 0 Å². The molecule has 0 bridgehead atoms. The number of methoxy groups -OCH3 is 1. The lowest BCUT2D eigenvalue weighted by Crippen LogP contribution is -2.07. The summed E-state index contributed by atoms with van der Waals surface area (Å²) in [7, 11) is 3.63. The first-order valence-electron chi connectivity index (χ1n) is 6.83. The second kappa shape index (κ2) is 6.96. The molecule has 0 heterocycles. The molecule has 0 saturated carbocycles. The zero-order valence-corrected chi connectivity index (χ0v) is 12.3. The first-order valence-corrected chi connectivity index (χ1v) is 6.83. The zero-order chi connectivity index (χ0) is 14.4. The molecule has 0 aliphatic heterocycles. The molecule has 0 aromatic heterocycles. The highest BCUT2D eigenvalue weighted by Crippen LogP contribution is 2.34. The van der Waals surface area contributed by atoms with Crippen LogP contribution in [0.2, 0.25) is 0 Å². The minimum absolute atomic E-state index is 0.661.